The van der Waals surface area contributed by atoms with E-state index in [4.69, 9.17) is 0 Å². The Morgan fingerprint density at radius 2 is 2.00 bits per heavy atom. The van der Waals surface area contributed by atoms with Crippen molar-refractivity contribution in [1.29, 1.82) is 0 Å². The third-order valence-electron chi connectivity index (χ3n) is 4.80. The summed E-state index contributed by atoms with van der Waals surface area (Å²) in [4.78, 5) is 3.81. The van der Waals surface area contributed by atoms with Gasteiger partial charge >= 0.3 is 0 Å². The van der Waals surface area contributed by atoms with Gasteiger partial charge in [0.1, 0.15) is 0 Å². The zero-order valence-corrected chi connectivity index (χ0v) is 11.4. The molecule has 2 nitrogen and oxygen atoms in total. The lowest BCUT2D eigenvalue weighted by molar-refractivity contribution is 0.0356. The zero-order valence-electron chi connectivity index (χ0n) is 10.6. The molecular formula is C14H21NOS. The molecule has 1 aromatic heterocycles. The SMILES string of the molecule is Cc1sccc1C(O)C1CC2CCC(C1)N2C. The number of aliphatic hydroxyl groups excluding tert-OH is 1. The number of aryl methyl sites for hydroxylation is 1. The molecule has 3 heterocycles. The highest BCUT2D eigenvalue weighted by Crippen LogP contribution is 2.43. The zero-order chi connectivity index (χ0) is 12.0. The van der Waals surface area contributed by atoms with Crippen LogP contribution in [-0.4, -0.2) is 29.1 Å². The minimum Gasteiger partial charge on any atom is -0.388 e. The number of rotatable bonds is 2. The van der Waals surface area contributed by atoms with Gasteiger partial charge in [0.05, 0.1) is 6.10 Å². The number of thiophene rings is 1. The van der Waals surface area contributed by atoms with Gasteiger partial charge in [-0.05, 0) is 62.6 Å². The van der Waals surface area contributed by atoms with Gasteiger partial charge in [-0.3, -0.25) is 0 Å². The van der Waals surface area contributed by atoms with Gasteiger partial charge in [-0.25, -0.2) is 0 Å². The summed E-state index contributed by atoms with van der Waals surface area (Å²) in [5.74, 6) is 0.469. The van der Waals surface area contributed by atoms with Crippen LogP contribution in [0.2, 0.25) is 0 Å². The molecule has 2 bridgehead atoms. The monoisotopic (exact) mass is 251 g/mol. The van der Waals surface area contributed by atoms with Crippen LogP contribution in [0.25, 0.3) is 0 Å². The first kappa shape index (κ1) is 11.7. The minimum atomic E-state index is -0.238. The molecule has 0 spiro atoms. The lowest BCUT2D eigenvalue weighted by atomic mass is 9.84. The van der Waals surface area contributed by atoms with Crippen molar-refractivity contribution in [2.45, 2.75) is 50.8 Å². The van der Waals surface area contributed by atoms with Crippen molar-refractivity contribution < 1.29 is 5.11 Å². The van der Waals surface area contributed by atoms with Crippen molar-refractivity contribution in [1.82, 2.24) is 4.90 Å². The van der Waals surface area contributed by atoms with Crippen LogP contribution in [0.3, 0.4) is 0 Å². The number of aliphatic hydroxyl groups is 1. The third kappa shape index (κ3) is 1.94. The normalized spacial score (nSPS) is 35.1. The van der Waals surface area contributed by atoms with E-state index in [1.54, 1.807) is 11.3 Å². The van der Waals surface area contributed by atoms with Crippen LogP contribution in [0, 0.1) is 12.8 Å². The second kappa shape index (κ2) is 4.38. The summed E-state index contributed by atoms with van der Waals surface area (Å²) >= 11 is 1.74. The predicted molar refractivity (Wildman–Crippen MR) is 71.3 cm³/mol. The molecule has 0 radical (unpaired) electrons. The highest BCUT2D eigenvalue weighted by Gasteiger charge is 2.41. The Morgan fingerprint density at radius 3 is 2.53 bits per heavy atom. The molecule has 2 saturated heterocycles. The predicted octanol–water partition coefficient (Wildman–Crippen LogP) is 2.96. The van der Waals surface area contributed by atoms with Crippen LogP contribution in [0.4, 0.5) is 0 Å². The van der Waals surface area contributed by atoms with E-state index >= 15 is 0 Å². The average molecular weight is 251 g/mol. The Bertz CT molecular complexity index is 389. The number of nitrogens with zero attached hydrogens (tertiary/aromatic N) is 1. The lowest BCUT2D eigenvalue weighted by Gasteiger charge is -2.38. The summed E-state index contributed by atoms with van der Waals surface area (Å²) in [6.07, 6.45) is 4.76. The molecule has 3 rings (SSSR count). The van der Waals surface area contributed by atoms with Crippen molar-refractivity contribution in [3.8, 4) is 0 Å². The Labute approximate surface area is 107 Å². The molecular weight excluding hydrogens is 230 g/mol. The fourth-order valence-electron chi connectivity index (χ4n) is 3.67. The number of fused-ring (bicyclic) bond motifs is 2. The molecule has 1 N–H and O–H groups in total. The van der Waals surface area contributed by atoms with Crippen LogP contribution in [-0.2, 0) is 0 Å². The second-order valence-electron chi connectivity index (χ2n) is 5.66. The molecule has 3 atom stereocenters. The van der Waals surface area contributed by atoms with E-state index < -0.39 is 0 Å². The maximum Gasteiger partial charge on any atom is 0.0829 e. The van der Waals surface area contributed by atoms with Crippen LogP contribution in [0.15, 0.2) is 11.4 Å². The van der Waals surface area contributed by atoms with Crippen LogP contribution in [0.5, 0.6) is 0 Å². The van der Waals surface area contributed by atoms with E-state index in [0.717, 1.165) is 0 Å². The van der Waals surface area contributed by atoms with Crippen LogP contribution >= 0.6 is 11.3 Å². The van der Waals surface area contributed by atoms with Crippen molar-refractivity contribution >= 4 is 11.3 Å². The lowest BCUT2D eigenvalue weighted by Crippen LogP contribution is -2.41. The van der Waals surface area contributed by atoms with E-state index in [0.29, 0.717) is 18.0 Å². The van der Waals surface area contributed by atoms with Gasteiger partial charge in [0.15, 0.2) is 0 Å². The fraction of sp³-hybridized carbons (Fsp3) is 0.714. The largest absolute Gasteiger partial charge is 0.388 e. The first-order valence-electron chi connectivity index (χ1n) is 6.61. The quantitative estimate of drug-likeness (QED) is 0.873. The Morgan fingerprint density at radius 1 is 1.35 bits per heavy atom. The molecule has 3 unspecified atom stereocenters. The molecule has 17 heavy (non-hydrogen) atoms. The van der Waals surface area contributed by atoms with Crippen LogP contribution in [0.1, 0.15) is 42.2 Å². The maximum absolute atomic E-state index is 10.6. The molecule has 0 amide bonds. The molecule has 2 aliphatic rings. The topological polar surface area (TPSA) is 23.5 Å². The van der Waals surface area contributed by atoms with Gasteiger partial charge in [-0.15, -0.1) is 11.3 Å². The van der Waals surface area contributed by atoms with Gasteiger partial charge in [0, 0.05) is 17.0 Å². The van der Waals surface area contributed by atoms with E-state index in [-0.39, 0.29) is 6.10 Å². The highest BCUT2D eigenvalue weighted by atomic mass is 32.1. The third-order valence-corrected chi connectivity index (χ3v) is 5.66. The summed E-state index contributed by atoms with van der Waals surface area (Å²) in [7, 11) is 2.25. The molecule has 1 aromatic rings. The molecule has 2 fully saturated rings. The van der Waals surface area contributed by atoms with Gasteiger partial charge < -0.3 is 10.0 Å². The standard InChI is InChI=1S/C14H21NOS/c1-9-13(5-6-17-9)14(16)10-7-11-3-4-12(8-10)15(11)2/h5-6,10-12,14,16H,3-4,7-8H2,1-2H3. The minimum absolute atomic E-state index is 0.238. The number of piperidine rings is 1. The van der Waals surface area contributed by atoms with Crippen molar-refractivity contribution in [3.63, 3.8) is 0 Å². The Balaban J connectivity index is 1.76. The van der Waals surface area contributed by atoms with Gasteiger partial charge in [0.2, 0.25) is 0 Å². The van der Waals surface area contributed by atoms with Crippen molar-refractivity contribution in [2.75, 3.05) is 7.05 Å². The summed E-state index contributed by atoms with van der Waals surface area (Å²) in [6.45, 7) is 2.12. The number of hydrogen-bond acceptors (Lipinski definition) is 3. The molecule has 0 saturated carbocycles. The van der Waals surface area contributed by atoms with E-state index in [2.05, 4.69) is 30.3 Å². The summed E-state index contributed by atoms with van der Waals surface area (Å²) in [5.41, 5.74) is 1.17. The van der Waals surface area contributed by atoms with Crippen molar-refractivity contribution in [3.05, 3.63) is 21.9 Å². The summed E-state index contributed by atoms with van der Waals surface area (Å²) < 4.78 is 0. The molecule has 2 aliphatic heterocycles. The van der Waals surface area contributed by atoms with Gasteiger partial charge in [0.25, 0.3) is 0 Å². The second-order valence-corrected chi connectivity index (χ2v) is 6.78. The molecule has 3 heteroatoms. The van der Waals surface area contributed by atoms with E-state index in [9.17, 15) is 5.11 Å². The van der Waals surface area contributed by atoms with E-state index in [1.165, 1.54) is 36.1 Å². The summed E-state index contributed by atoms with van der Waals surface area (Å²) in [6, 6.07) is 3.53. The first-order chi connectivity index (χ1) is 8.16. The summed E-state index contributed by atoms with van der Waals surface area (Å²) in [5, 5.41) is 12.6. The number of hydrogen-bond donors (Lipinski definition) is 1. The Kier molecular flexibility index (Phi) is 3.01. The van der Waals surface area contributed by atoms with Crippen LogP contribution < -0.4 is 0 Å². The van der Waals surface area contributed by atoms with Crippen molar-refractivity contribution in [2.24, 2.45) is 5.92 Å². The molecule has 0 aromatic carbocycles. The maximum atomic E-state index is 10.6. The first-order valence-corrected chi connectivity index (χ1v) is 7.48. The smallest absolute Gasteiger partial charge is 0.0829 e. The highest BCUT2D eigenvalue weighted by molar-refractivity contribution is 7.10. The van der Waals surface area contributed by atoms with E-state index in [1.807, 2.05) is 0 Å². The molecule has 0 aliphatic carbocycles. The van der Waals surface area contributed by atoms with Gasteiger partial charge in [-0.1, -0.05) is 0 Å². The Hall–Kier alpha value is -0.380. The fourth-order valence-corrected chi connectivity index (χ4v) is 4.41. The van der Waals surface area contributed by atoms with Gasteiger partial charge in [-0.2, -0.15) is 0 Å². The average Bonchev–Trinajstić information content (AvgIpc) is 2.79. The molecule has 94 valence electrons.